The molecule has 4 aromatic rings. The van der Waals surface area contributed by atoms with Crippen LogP contribution in [0.3, 0.4) is 0 Å². The fraction of sp³-hybridized carbons (Fsp3) is 0.541. The molecule has 0 N–H and O–H groups in total. The lowest BCUT2D eigenvalue weighted by Gasteiger charge is -2.14. The summed E-state index contributed by atoms with van der Waals surface area (Å²) in [4.78, 5) is 52.2. The SMILES string of the molecule is C.CCCCCCCCOC(=O)c1c(CCCCCCCC)cccc1C(=O)Oc1ccccc1.CCCCCCCCOC(=O)c1c(CCCCCCCC)cccc1C(=O)Oc1ccccc1. The van der Waals surface area contributed by atoms with E-state index in [0.29, 0.717) is 35.8 Å². The van der Waals surface area contributed by atoms with Crippen molar-refractivity contribution >= 4 is 23.9 Å². The van der Waals surface area contributed by atoms with Crippen molar-refractivity contribution in [3.05, 3.63) is 130 Å². The van der Waals surface area contributed by atoms with Gasteiger partial charge in [-0.15, -0.1) is 0 Å². The first-order valence-electron chi connectivity index (χ1n) is 26.5. The zero-order valence-electron chi connectivity index (χ0n) is 42.3. The average Bonchev–Trinajstić information content (AvgIpc) is 3.36. The van der Waals surface area contributed by atoms with Gasteiger partial charge in [-0.05, 0) is 86.1 Å². The smallest absolute Gasteiger partial charge is 0.344 e. The molecule has 0 bridgehead atoms. The van der Waals surface area contributed by atoms with Gasteiger partial charge in [0.2, 0.25) is 0 Å². The van der Waals surface area contributed by atoms with Crippen molar-refractivity contribution in [1.82, 2.24) is 0 Å². The van der Waals surface area contributed by atoms with E-state index in [9.17, 15) is 19.2 Å². The van der Waals surface area contributed by atoms with Crippen molar-refractivity contribution in [2.24, 2.45) is 0 Å². The molecule has 0 saturated carbocycles. The van der Waals surface area contributed by atoms with Crippen LogP contribution in [0, 0.1) is 0 Å². The molecule has 0 fully saturated rings. The molecule has 0 amide bonds. The van der Waals surface area contributed by atoms with Crippen LogP contribution in [-0.4, -0.2) is 37.1 Å². The number of rotatable bonds is 34. The van der Waals surface area contributed by atoms with Crippen LogP contribution in [0.15, 0.2) is 97.1 Å². The molecule has 0 aliphatic rings. The number of ether oxygens (including phenoxy) is 4. The molecule has 0 radical (unpaired) electrons. The maximum Gasteiger partial charge on any atom is 0.344 e. The lowest BCUT2D eigenvalue weighted by molar-refractivity contribution is 0.0481. The second-order valence-electron chi connectivity index (χ2n) is 17.9. The number of para-hydroxylation sites is 2. The van der Waals surface area contributed by atoms with E-state index in [4.69, 9.17) is 18.9 Å². The van der Waals surface area contributed by atoms with Crippen molar-refractivity contribution in [3.8, 4) is 11.5 Å². The largest absolute Gasteiger partial charge is 0.462 e. The zero-order chi connectivity index (χ0) is 48.9. The number of hydrogen-bond donors (Lipinski definition) is 0. The molecular weight excluding hydrogens is 861 g/mol. The summed E-state index contributed by atoms with van der Waals surface area (Å²) in [6.45, 7) is 9.58. The van der Waals surface area contributed by atoms with Crippen LogP contribution >= 0.6 is 0 Å². The van der Waals surface area contributed by atoms with Gasteiger partial charge in [-0.3, -0.25) is 0 Å². The zero-order valence-corrected chi connectivity index (χ0v) is 42.3. The van der Waals surface area contributed by atoms with E-state index < -0.39 is 23.9 Å². The molecule has 0 aliphatic heterocycles. The molecule has 0 aromatic heterocycles. The maximum absolute atomic E-state index is 13.1. The van der Waals surface area contributed by atoms with Crippen molar-refractivity contribution in [2.75, 3.05) is 13.2 Å². The molecule has 0 saturated heterocycles. The van der Waals surface area contributed by atoms with Crippen molar-refractivity contribution < 1.29 is 38.1 Å². The first-order valence-corrected chi connectivity index (χ1v) is 26.5. The third-order valence-electron chi connectivity index (χ3n) is 12.1. The molecule has 0 atom stereocenters. The fourth-order valence-corrected chi connectivity index (χ4v) is 8.17. The van der Waals surface area contributed by atoms with Crippen LogP contribution in [0.1, 0.15) is 242 Å². The van der Waals surface area contributed by atoms with E-state index >= 15 is 0 Å². The van der Waals surface area contributed by atoms with Crippen LogP contribution in [0.5, 0.6) is 11.5 Å². The number of carbonyl (C=O) groups is 4. The lowest BCUT2D eigenvalue weighted by Crippen LogP contribution is -2.18. The van der Waals surface area contributed by atoms with Gasteiger partial charge in [0.05, 0.1) is 35.5 Å². The highest BCUT2D eigenvalue weighted by molar-refractivity contribution is 6.05. The second kappa shape index (κ2) is 38.6. The standard InChI is InChI=1S/2C30H42O4.CH4/c2*1-3-5-7-9-11-14-19-25-20-18-23-27(29(31)34-26-21-15-13-16-22-26)28(25)30(32)33-24-17-12-10-8-6-4-2;/h2*13,15-16,18,20-23H,3-12,14,17,19,24H2,1-2H3;1H4. The molecule has 8 heteroatoms. The van der Waals surface area contributed by atoms with Crippen molar-refractivity contribution in [3.63, 3.8) is 0 Å². The number of carbonyl (C=O) groups excluding carboxylic acids is 4. The summed E-state index contributed by atoms with van der Waals surface area (Å²) in [5, 5.41) is 0. The van der Waals surface area contributed by atoms with E-state index in [1.165, 1.54) is 89.9 Å². The number of hydrogen-bond acceptors (Lipinski definition) is 8. The van der Waals surface area contributed by atoms with Gasteiger partial charge in [0.15, 0.2) is 0 Å². The Morgan fingerprint density at radius 3 is 0.971 bits per heavy atom. The van der Waals surface area contributed by atoms with Gasteiger partial charge >= 0.3 is 23.9 Å². The Morgan fingerprint density at radius 1 is 0.333 bits per heavy atom. The fourth-order valence-electron chi connectivity index (χ4n) is 8.17. The Labute approximate surface area is 417 Å². The average molecular weight is 949 g/mol. The highest BCUT2D eigenvalue weighted by Crippen LogP contribution is 2.24. The van der Waals surface area contributed by atoms with Gasteiger partial charge in [0, 0.05) is 0 Å². The minimum absolute atomic E-state index is 0. The molecular formula is C61H88O8. The Kier molecular flexibility index (Phi) is 33.5. The van der Waals surface area contributed by atoms with Crippen LogP contribution < -0.4 is 9.47 Å². The predicted molar refractivity (Wildman–Crippen MR) is 284 cm³/mol. The quantitative estimate of drug-likeness (QED) is 0.0259. The molecule has 4 rings (SSSR count). The topological polar surface area (TPSA) is 105 Å². The number of aryl methyl sites for hydroxylation is 2. The molecule has 69 heavy (non-hydrogen) atoms. The van der Waals surface area contributed by atoms with Crippen molar-refractivity contribution in [1.29, 1.82) is 0 Å². The third kappa shape index (κ3) is 24.7. The molecule has 0 spiro atoms. The van der Waals surface area contributed by atoms with E-state index in [1.807, 2.05) is 60.7 Å². The van der Waals surface area contributed by atoms with Gasteiger partial charge in [0.1, 0.15) is 11.5 Å². The van der Waals surface area contributed by atoms with E-state index in [-0.39, 0.29) is 18.6 Å². The number of unbranched alkanes of at least 4 members (excludes halogenated alkanes) is 20. The second-order valence-corrected chi connectivity index (χ2v) is 17.9. The molecule has 0 aliphatic carbocycles. The summed E-state index contributed by atoms with van der Waals surface area (Å²) in [6.07, 6.45) is 29.0. The Bertz CT molecular complexity index is 1830. The van der Waals surface area contributed by atoms with Gasteiger partial charge in [0.25, 0.3) is 0 Å². The van der Waals surface area contributed by atoms with Crippen LogP contribution in [0.2, 0.25) is 0 Å². The highest BCUT2D eigenvalue weighted by atomic mass is 16.5. The van der Waals surface area contributed by atoms with E-state index in [2.05, 4.69) is 27.7 Å². The van der Waals surface area contributed by atoms with Gasteiger partial charge in [-0.1, -0.05) is 224 Å². The first kappa shape index (κ1) is 59.9. The molecule has 4 aromatic carbocycles. The maximum atomic E-state index is 13.1. The molecule has 0 heterocycles. The summed E-state index contributed by atoms with van der Waals surface area (Å²) in [7, 11) is 0. The predicted octanol–water partition coefficient (Wildman–Crippen LogP) is 17.3. The summed E-state index contributed by atoms with van der Waals surface area (Å²) in [5.74, 6) is -0.976. The Hall–Kier alpha value is -5.24. The van der Waals surface area contributed by atoms with Gasteiger partial charge in [-0.25, -0.2) is 19.2 Å². The lowest BCUT2D eigenvalue weighted by atomic mass is 9.96. The van der Waals surface area contributed by atoms with Gasteiger partial charge < -0.3 is 18.9 Å². The number of benzene rings is 4. The minimum Gasteiger partial charge on any atom is -0.462 e. The van der Waals surface area contributed by atoms with E-state index in [1.54, 1.807) is 36.4 Å². The normalized spacial score (nSPS) is 10.6. The van der Waals surface area contributed by atoms with Gasteiger partial charge in [-0.2, -0.15) is 0 Å². The third-order valence-corrected chi connectivity index (χ3v) is 12.1. The van der Waals surface area contributed by atoms with Crippen LogP contribution in [0.4, 0.5) is 0 Å². The van der Waals surface area contributed by atoms with Crippen LogP contribution in [-0.2, 0) is 22.3 Å². The van der Waals surface area contributed by atoms with Crippen LogP contribution in [0.25, 0.3) is 0 Å². The first-order chi connectivity index (χ1) is 33.3. The Morgan fingerprint density at radius 2 is 0.638 bits per heavy atom. The summed E-state index contributed by atoms with van der Waals surface area (Å²) in [6, 6.07) is 28.8. The highest BCUT2D eigenvalue weighted by Gasteiger charge is 2.25. The number of esters is 4. The molecule has 8 nitrogen and oxygen atoms in total. The molecule has 0 unspecified atom stereocenters. The van der Waals surface area contributed by atoms with E-state index in [0.717, 1.165) is 88.2 Å². The minimum atomic E-state index is -0.525. The molecule has 380 valence electrons. The van der Waals surface area contributed by atoms with Crippen molar-refractivity contribution in [2.45, 2.75) is 202 Å². The summed E-state index contributed by atoms with van der Waals surface area (Å²) in [5.41, 5.74) is 3.02. The monoisotopic (exact) mass is 949 g/mol. The summed E-state index contributed by atoms with van der Waals surface area (Å²) < 4.78 is 22.4. The summed E-state index contributed by atoms with van der Waals surface area (Å²) >= 11 is 0. The Balaban J connectivity index is 0.000000467.